The Morgan fingerprint density at radius 3 is 2.43 bits per heavy atom. The lowest BCUT2D eigenvalue weighted by Gasteiger charge is -2.25. The molecule has 0 saturated heterocycles. The molecule has 1 N–H and O–H groups in total. The quantitative estimate of drug-likeness (QED) is 0.780. The van der Waals surface area contributed by atoms with Gasteiger partial charge in [0.15, 0.2) is 0 Å². The van der Waals surface area contributed by atoms with Crippen LogP contribution in [0, 0.1) is 0 Å². The molecule has 2 aromatic carbocycles. The molecule has 2 aromatic rings. The molecule has 1 aliphatic carbocycles. The van der Waals surface area contributed by atoms with Crippen LogP contribution < -0.4 is 10.1 Å². The summed E-state index contributed by atoms with van der Waals surface area (Å²) >= 11 is 0. The lowest BCUT2D eigenvalue weighted by atomic mass is 9.84. The maximum absolute atomic E-state index is 5.95. The molecule has 1 atom stereocenters. The van der Waals surface area contributed by atoms with Gasteiger partial charge in [-0.25, -0.2) is 0 Å². The van der Waals surface area contributed by atoms with E-state index < -0.39 is 0 Å². The number of benzene rings is 2. The van der Waals surface area contributed by atoms with Gasteiger partial charge in [-0.1, -0.05) is 49.6 Å². The minimum absolute atomic E-state index is 0.228. The van der Waals surface area contributed by atoms with E-state index in [0.29, 0.717) is 0 Å². The molecular weight excluding hydrogens is 282 g/mol. The predicted octanol–water partition coefficient (Wildman–Crippen LogP) is 5.59. The Kier molecular flexibility index (Phi) is 3.99. The molecule has 2 heteroatoms. The van der Waals surface area contributed by atoms with Gasteiger partial charge in [-0.2, -0.15) is 0 Å². The molecule has 0 spiro atoms. The van der Waals surface area contributed by atoms with Crippen molar-refractivity contribution in [2.24, 2.45) is 0 Å². The summed E-state index contributed by atoms with van der Waals surface area (Å²) in [6.07, 6.45) is 7.13. The van der Waals surface area contributed by atoms with E-state index in [1.54, 1.807) is 0 Å². The largest absolute Gasteiger partial charge is 0.487 e. The molecule has 0 amide bonds. The van der Waals surface area contributed by atoms with Crippen molar-refractivity contribution >= 4 is 5.69 Å². The molecule has 23 heavy (non-hydrogen) atoms. The fourth-order valence-electron chi connectivity index (χ4n) is 3.84. The van der Waals surface area contributed by atoms with Gasteiger partial charge in [-0.15, -0.1) is 0 Å². The van der Waals surface area contributed by atoms with Crippen LogP contribution in [-0.4, -0.2) is 12.6 Å². The first-order valence-corrected chi connectivity index (χ1v) is 8.94. The SMILES string of the molecule is CC1CNc2ccc(-c3ccc(C4CCCCC4)cc3)cc2O1. The summed E-state index contributed by atoms with van der Waals surface area (Å²) in [6, 6.07) is 15.7. The van der Waals surface area contributed by atoms with Gasteiger partial charge < -0.3 is 10.1 Å². The molecule has 1 heterocycles. The van der Waals surface area contributed by atoms with Gasteiger partial charge in [-0.05, 0) is 54.5 Å². The van der Waals surface area contributed by atoms with Gasteiger partial charge in [0.25, 0.3) is 0 Å². The van der Waals surface area contributed by atoms with Crippen molar-refractivity contribution in [1.29, 1.82) is 0 Å². The van der Waals surface area contributed by atoms with E-state index in [2.05, 4.69) is 54.7 Å². The van der Waals surface area contributed by atoms with Crippen molar-refractivity contribution < 1.29 is 4.74 Å². The van der Waals surface area contributed by atoms with Crippen molar-refractivity contribution in [2.75, 3.05) is 11.9 Å². The lowest BCUT2D eigenvalue weighted by molar-refractivity contribution is 0.226. The van der Waals surface area contributed by atoms with Gasteiger partial charge in [0.2, 0.25) is 0 Å². The molecular formula is C21H25NO. The van der Waals surface area contributed by atoms with E-state index in [9.17, 15) is 0 Å². The van der Waals surface area contributed by atoms with Crippen molar-refractivity contribution in [3.8, 4) is 16.9 Å². The summed E-state index contributed by atoms with van der Waals surface area (Å²) < 4.78 is 5.95. The molecule has 1 fully saturated rings. The van der Waals surface area contributed by atoms with Crippen LogP contribution in [0.15, 0.2) is 42.5 Å². The van der Waals surface area contributed by atoms with Gasteiger partial charge in [-0.3, -0.25) is 0 Å². The topological polar surface area (TPSA) is 21.3 Å². The molecule has 4 rings (SSSR count). The predicted molar refractivity (Wildman–Crippen MR) is 96.3 cm³/mol. The van der Waals surface area contributed by atoms with Crippen LogP contribution in [0.2, 0.25) is 0 Å². The van der Waals surface area contributed by atoms with Gasteiger partial charge in [0.1, 0.15) is 11.9 Å². The summed E-state index contributed by atoms with van der Waals surface area (Å²) in [7, 11) is 0. The second-order valence-corrected chi connectivity index (χ2v) is 6.98. The molecule has 2 aliphatic rings. The zero-order valence-corrected chi connectivity index (χ0v) is 13.8. The van der Waals surface area contributed by atoms with E-state index in [1.165, 1.54) is 48.8 Å². The van der Waals surface area contributed by atoms with Crippen LogP contribution in [0.1, 0.15) is 50.5 Å². The highest BCUT2D eigenvalue weighted by Crippen LogP contribution is 2.36. The summed E-state index contributed by atoms with van der Waals surface area (Å²) in [4.78, 5) is 0. The zero-order chi connectivity index (χ0) is 15.6. The molecule has 120 valence electrons. The Balaban J connectivity index is 1.57. The average Bonchev–Trinajstić information content (AvgIpc) is 2.62. The second kappa shape index (κ2) is 6.27. The van der Waals surface area contributed by atoms with Crippen molar-refractivity contribution in [2.45, 2.75) is 51.0 Å². The summed E-state index contributed by atoms with van der Waals surface area (Å²) in [6.45, 7) is 2.98. The van der Waals surface area contributed by atoms with Gasteiger partial charge >= 0.3 is 0 Å². The molecule has 2 nitrogen and oxygen atoms in total. The number of anilines is 1. The zero-order valence-electron chi connectivity index (χ0n) is 13.8. The second-order valence-electron chi connectivity index (χ2n) is 6.98. The Hall–Kier alpha value is -1.96. The van der Waals surface area contributed by atoms with Crippen LogP contribution in [0.5, 0.6) is 5.75 Å². The summed E-state index contributed by atoms with van der Waals surface area (Å²) in [5.74, 6) is 1.74. The Bertz CT molecular complexity index is 671. The number of hydrogen-bond acceptors (Lipinski definition) is 2. The first-order valence-electron chi connectivity index (χ1n) is 8.94. The molecule has 0 bridgehead atoms. The Labute approximate surface area is 138 Å². The number of fused-ring (bicyclic) bond motifs is 1. The maximum Gasteiger partial charge on any atom is 0.143 e. The van der Waals surface area contributed by atoms with E-state index in [4.69, 9.17) is 4.74 Å². The van der Waals surface area contributed by atoms with Crippen molar-refractivity contribution in [3.63, 3.8) is 0 Å². The van der Waals surface area contributed by atoms with Crippen LogP contribution in [0.4, 0.5) is 5.69 Å². The Morgan fingerprint density at radius 1 is 0.913 bits per heavy atom. The Morgan fingerprint density at radius 2 is 1.65 bits per heavy atom. The van der Waals surface area contributed by atoms with Crippen molar-refractivity contribution in [1.82, 2.24) is 0 Å². The van der Waals surface area contributed by atoms with Crippen LogP contribution in [-0.2, 0) is 0 Å². The third kappa shape index (κ3) is 3.08. The van der Waals surface area contributed by atoms with Crippen LogP contribution in [0.25, 0.3) is 11.1 Å². The summed E-state index contributed by atoms with van der Waals surface area (Å²) in [5, 5.41) is 3.42. The van der Waals surface area contributed by atoms with E-state index in [1.807, 2.05) is 0 Å². The highest BCUT2D eigenvalue weighted by atomic mass is 16.5. The molecule has 0 radical (unpaired) electrons. The molecule has 1 saturated carbocycles. The van der Waals surface area contributed by atoms with Gasteiger partial charge in [0, 0.05) is 0 Å². The lowest BCUT2D eigenvalue weighted by Crippen LogP contribution is -2.27. The average molecular weight is 307 g/mol. The highest BCUT2D eigenvalue weighted by molar-refractivity contribution is 5.71. The van der Waals surface area contributed by atoms with Crippen LogP contribution in [0.3, 0.4) is 0 Å². The summed E-state index contributed by atoms with van der Waals surface area (Å²) in [5.41, 5.74) is 5.12. The van der Waals surface area contributed by atoms with Crippen LogP contribution >= 0.6 is 0 Å². The first-order chi connectivity index (χ1) is 11.3. The third-order valence-electron chi connectivity index (χ3n) is 5.21. The van der Waals surface area contributed by atoms with E-state index in [0.717, 1.165) is 23.9 Å². The molecule has 1 unspecified atom stereocenters. The van der Waals surface area contributed by atoms with Gasteiger partial charge in [0.05, 0.1) is 12.2 Å². The van der Waals surface area contributed by atoms with Crippen molar-refractivity contribution in [3.05, 3.63) is 48.0 Å². The standard InChI is InChI=1S/C21H25NO/c1-15-14-22-20-12-11-19(13-21(20)23-15)18-9-7-17(8-10-18)16-5-3-2-4-6-16/h7-13,15-16,22H,2-6,14H2,1H3. The minimum Gasteiger partial charge on any atom is -0.487 e. The molecule has 0 aromatic heterocycles. The third-order valence-corrected chi connectivity index (χ3v) is 5.21. The number of nitrogens with one attached hydrogen (secondary N) is 1. The number of rotatable bonds is 2. The number of hydrogen-bond donors (Lipinski definition) is 1. The normalized spacial score (nSPS) is 21.2. The maximum atomic E-state index is 5.95. The fourth-order valence-corrected chi connectivity index (χ4v) is 3.84. The molecule has 1 aliphatic heterocycles. The fraction of sp³-hybridized carbons (Fsp3) is 0.429. The first kappa shape index (κ1) is 14.6. The minimum atomic E-state index is 0.228. The monoisotopic (exact) mass is 307 g/mol. The van der Waals surface area contributed by atoms with E-state index >= 15 is 0 Å². The smallest absolute Gasteiger partial charge is 0.143 e. The highest BCUT2D eigenvalue weighted by Gasteiger charge is 2.17. The van der Waals surface area contributed by atoms with E-state index in [-0.39, 0.29) is 6.10 Å². The number of ether oxygens (including phenoxy) is 1.